The van der Waals surface area contributed by atoms with Gasteiger partial charge < -0.3 is 9.47 Å². The van der Waals surface area contributed by atoms with Crippen LogP contribution in [0, 0.1) is 5.92 Å². The molecule has 0 radical (unpaired) electrons. The van der Waals surface area contributed by atoms with Crippen molar-refractivity contribution in [3.05, 3.63) is 35.9 Å². The van der Waals surface area contributed by atoms with Crippen LogP contribution in [-0.2, 0) is 15.9 Å². The van der Waals surface area contributed by atoms with Crippen LogP contribution in [-0.4, -0.2) is 19.0 Å². The van der Waals surface area contributed by atoms with Gasteiger partial charge in [-0.2, -0.15) is 0 Å². The van der Waals surface area contributed by atoms with Crippen LogP contribution >= 0.6 is 0 Å². The molecule has 1 aromatic rings. The normalized spacial score (nSPS) is 27.4. The van der Waals surface area contributed by atoms with E-state index in [4.69, 9.17) is 9.47 Å². The largest absolute Gasteiger partial charge is 0.348 e. The van der Waals surface area contributed by atoms with Gasteiger partial charge in [0.15, 0.2) is 5.79 Å². The maximum Gasteiger partial charge on any atom is 0.168 e. The van der Waals surface area contributed by atoms with E-state index in [1.54, 1.807) is 0 Å². The fraction of sp³-hybridized carbons (Fsp3) is 0.600. The van der Waals surface area contributed by atoms with Gasteiger partial charge >= 0.3 is 0 Å². The lowest BCUT2D eigenvalue weighted by Gasteiger charge is -2.36. The molecule has 2 heteroatoms. The molecule has 17 heavy (non-hydrogen) atoms. The maximum absolute atomic E-state index is 5.83. The Balaban J connectivity index is 1.64. The average molecular weight is 232 g/mol. The summed E-state index contributed by atoms with van der Waals surface area (Å²) in [4.78, 5) is 0. The highest BCUT2D eigenvalue weighted by Crippen LogP contribution is 2.39. The maximum atomic E-state index is 5.83. The van der Waals surface area contributed by atoms with Crippen LogP contribution in [0.3, 0.4) is 0 Å². The summed E-state index contributed by atoms with van der Waals surface area (Å²) in [6.07, 6.45) is 5.86. The Labute approximate surface area is 103 Å². The molecule has 1 heterocycles. The second-order valence-corrected chi connectivity index (χ2v) is 5.26. The zero-order valence-corrected chi connectivity index (χ0v) is 10.2. The minimum absolute atomic E-state index is 0.225. The van der Waals surface area contributed by atoms with Crippen molar-refractivity contribution >= 4 is 0 Å². The van der Waals surface area contributed by atoms with E-state index in [1.165, 1.54) is 18.4 Å². The average Bonchev–Trinajstić information content (AvgIpc) is 2.79. The Morgan fingerprint density at radius 2 is 1.88 bits per heavy atom. The van der Waals surface area contributed by atoms with Gasteiger partial charge in [-0.15, -0.1) is 0 Å². The molecular formula is C15H20O2. The first-order valence-corrected chi connectivity index (χ1v) is 6.68. The van der Waals surface area contributed by atoms with Gasteiger partial charge in [-0.05, 0) is 30.7 Å². The SMILES string of the molecule is c1ccc(C[C@@H]2CCCC3(C2)OCCO3)cc1. The third-order valence-electron chi connectivity index (χ3n) is 3.95. The summed E-state index contributed by atoms with van der Waals surface area (Å²) in [5, 5.41) is 0. The van der Waals surface area contributed by atoms with E-state index in [-0.39, 0.29) is 5.79 Å². The van der Waals surface area contributed by atoms with Gasteiger partial charge in [0, 0.05) is 12.8 Å². The summed E-state index contributed by atoms with van der Waals surface area (Å²) >= 11 is 0. The highest BCUT2D eigenvalue weighted by molar-refractivity contribution is 5.15. The number of rotatable bonds is 2. The molecule has 0 unspecified atom stereocenters. The van der Waals surface area contributed by atoms with Crippen LogP contribution in [0.25, 0.3) is 0 Å². The predicted molar refractivity (Wildman–Crippen MR) is 66.7 cm³/mol. The third kappa shape index (κ3) is 2.53. The monoisotopic (exact) mass is 232 g/mol. The Bertz CT molecular complexity index is 354. The van der Waals surface area contributed by atoms with Crippen molar-refractivity contribution in [1.82, 2.24) is 0 Å². The summed E-state index contributed by atoms with van der Waals surface area (Å²) < 4.78 is 11.7. The molecule has 2 nitrogen and oxygen atoms in total. The van der Waals surface area contributed by atoms with Crippen molar-refractivity contribution in [2.45, 2.75) is 37.9 Å². The van der Waals surface area contributed by atoms with Crippen molar-refractivity contribution in [3.63, 3.8) is 0 Å². The minimum Gasteiger partial charge on any atom is -0.348 e. The highest BCUT2D eigenvalue weighted by Gasteiger charge is 2.41. The Kier molecular flexibility index (Phi) is 3.17. The van der Waals surface area contributed by atoms with Crippen LogP contribution in [0.2, 0.25) is 0 Å². The van der Waals surface area contributed by atoms with E-state index < -0.39 is 0 Å². The highest BCUT2D eigenvalue weighted by atomic mass is 16.7. The standard InChI is InChI=1S/C15H20O2/c1-2-5-13(6-3-1)11-14-7-4-8-15(12-14)16-9-10-17-15/h1-3,5-6,14H,4,7-12H2/t14-/m0/s1. The van der Waals surface area contributed by atoms with Crippen LogP contribution in [0.15, 0.2) is 30.3 Å². The molecule has 0 aromatic heterocycles. The second-order valence-electron chi connectivity index (χ2n) is 5.26. The van der Waals surface area contributed by atoms with Crippen molar-refractivity contribution in [2.24, 2.45) is 5.92 Å². The Morgan fingerprint density at radius 3 is 2.65 bits per heavy atom. The smallest absolute Gasteiger partial charge is 0.168 e. The lowest BCUT2D eigenvalue weighted by molar-refractivity contribution is -0.186. The van der Waals surface area contributed by atoms with Gasteiger partial charge in [0.2, 0.25) is 0 Å². The van der Waals surface area contributed by atoms with Crippen LogP contribution in [0.1, 0.15) is 31.2 Å². The fourth-order valence-electron chi connectivity index (χ4n) is 3.18. The molecule has 0 N–H and O–H groups in total. The number of benzene rings is 1. The second kappa shape index (κ2) is 4.79. The van der Waals surface area contributed by atoms with Crippen LogP contribution in [0.5, 0.6) is 0 Å². The Morgan fingerprint density at radius 1 is 1.12 bits per heavy atom. The first-order valence-electron chi connectivity index (χ1n) is 6.68. The molecule has 2 aliphatic rings. The van der Waals surface area contributed by atoms with Crippen molar-refractivity contribution in [3.8, 4) is 0 Å². The molecule has 1 aromatic carbocycles. The van der Waals surface area contributed by atoms with Gasteiger partial charge in [-0.25, -0.2) is 0 Å². The zero-order valence-electron chi connectivity index (χ0n) is 10.2. The van der Waals surface area contributed by atoms with Gasteiger partial charge in [0.05, 0.1) is 13.2 Å². The molecule has 0 bridgehead atoms. The summed E-state index contributed by atoms with van der Waals surface area (Å²) in [7, 11) is 0. The molecule has 0 amide bonds. The Hall–Kier alpha value is -0.860. The summed E-state index contributed by atoms with van der Waals surface area (Å²) in [6, 6.07) is 10.8. The van der Waals surface area contributed by atoms with Gasteiger partial charge in [0.1, 0.15) is 0 Å². The van der Waals surface area contributed by atoms with Gasteiger partial charge in [0.25, 0.3) is 0 Å². The van der Waals surface area contributed by atoms with Crippen molar-refractivity contribution < 1.29 is 9.47 Å². The van der Waals surface area contributed by atoms with E-state index in [1.807, 2.05) is 0 Å². The topological polar surface area (TPSA) is 18.5 Å². The molecule has 1 saturated carbocycles. The lowest BCUT2D eigenvalue weighted by Crippen LogP contribution is -2.36. The predicted octanol–water partition coefficient (Wildman–Crippen LogP) is 3.16. The zero-order chi connectivity index (χ0) is 11.6. The lowest BCUT2D eigenvalue weighted by atomic mass is 9.81. The third-order valence-corrected chi connectivity index (χ3v) is 3.95. The minimum atomic E-state index is -0.225. The number of hydrogen-bond acceptors (Lipinski definition) is 2. The van der Waals surface area contributed by atoms with E-state index in [0.29, 0.717) is 5.92 Å². The van der Waals surface area contributed by atoms with Gasteiger partial charge in [-0.1, -0.05) is 30.3 Å². The quantitative estimate of drug-likeness (QED) is 0.779. The molecule has 1 spiro atoms. The molecule has 1 aliphatic heterocycles. The number of ether oxygens (including phenoxy) is 2. The van der Waals surface area contributed by atoms with Crippen molar-refractivity contribution in [1.29, 1.82) is 0 Å². The van der Waals surface area contributed by atoms with Crippen molar-refractivity contribution in [2.75, 3.05) is 13.2 Å². The molecular weight excluding hydrogens is 212 g/mol. The molecule has 1 atom stereocenters. The first kappa shape index (κ1) is 11.2. The van der Waals surface area contributed by atoms with E-state index in [9.17, 15) is 0 Å². The molecule has 92 valence electrons. The summed E-state index contributed by atoms with van der Waals surface area (Å²) in [6.45, 7) is 1.55. The molecule has 2 fully saturated rings. The first-order chi connectivity index (χ1) is 8.36. The molecule has 1 saturated heterocycles. The fourth-order valence-corrected chi connectivity index (χ4v) is 3.18. The molecule has 3 rings (SSSR count). The summed E-state index contributed by atoms with van der Waals surface area (Å²) in [5.41, 5.74) is 1.44. The van der Waals surface area contributed by atoms with Gasteiger partial charge in [-0.3, -0.25) is 0 Å². The van der Waals surface area contributed by atoms with E-state index >= 15 is 0 Å². The van der Waals surface area contributed by atoms with E-state index in [2.05, 4.69) is 30.3 Å². The van der Waals surface area contributed by atoms with Crippen LogP contribution in [0.4, 0.5) is 0 Å². The molecule has 1 aliphatic carbocycles. The van der Waals surface area contributed by atoms with Crippen LogP contribution < -0.4 is 0 Å². The number of hydrogen-bond donors (Lipinski definition) is 0. The summed E-state index contributed by atoms with van der Waals surface area (Å²) in [5.74, 6) is 0.488. The van der Waals surface area contributed by atoms with E-state index in [0.717, 1.165) is 32.5 Å².